The fourth-order valence-electron chi connectivity index (χ4n) is 0.236. The van der Waals surface area contributed by atoms with Crippen molar-refractivity contribution in [2.75, 3.05) is 6.54 Å². The van der Waals surface area contributed by atoms with Crippen molar-refractivity contribution in [3.63, 3.8) is 0 Å². The van der Waals surface area contributed by atoms with E-state index in [4.69, 9.17) is 10.0 Å². The van der Waals surface area contributed by atoms with E-state index in [1.54, 1.807) is 0 Å². The van der Waals surface area contributed by atoms with E-state index in [1.165, 1.54) is 0 Å². The molecule has 0 aliphatic carbocycles. The third kappa shape index (κ3) is 5.90. The van der Waals surface area contributed by atoms with E-state index in [0.29, 0.717) is 6.54 Å². The van der Waals surface area contributed by atoms with Gasteiger partial charge in [0.15, 0.2) is 0 Å². The van der Waals surface area contributed by atoms with Crippen molar-refractivity contribution < 1.29 is 14.8 Å². The molecule has 0 radical (unpaired) electrons. The highest BCUT2D eigenvalue weighted by Crippen LogP contribution is 1.71. The van der Waals surface area contributed by atoms with Gasteiger partial charge in [0, 0.05) is 6.54 Å². The van der Waals surface area contributed by atoms with E-state index in [1.807, 2.05) is 6.92 Å². The average Bonchev–Trinajstić information content (AvgIpc) is 1.66. The van der Waals surface area contributed by atoms with Gasteiger partial charge < -0.3 is 14.8 Å². The maximum atomic E-state index is 8.05. The Kier molecular flexibility index (Phi) is 4.99. The topological polar surface area (TPSA) is 61.7 Å². The number of hydrogen-bond acceptors (Lipinski definition) is 4. The van der Waals surface area contributed by atoms with Gasteiger partial charge in [-0.25, -0.2) is 5.48 Å². The number of hydrogen-bond donors (Lipinski definition) is 3. The lowest BCUT2D eigenvalue weighted by Gasteiger charge is -1.99. The van der Waals surface area contributed by atoms with Crippen LogP contribution in [0.3, 0.4) is 0 Å². The molecule has 4 nitrogen and oxygen atoms in total. The zero-order valence-electron chi connectivity index (χ0n) is 4.79. The number of rotatable bonds is 4. The molecule has 8 heavy (non-hydrogen) atoms. The first-order valence-electron chi connectivity index (χ1n) is 2.52. The van der Waals surface area contributed by atoms with E-state index in [2.05, 4.69) is 10.2 Å². The molecule has 0 fully saturated rings. The van der Waals surface area contributed by atoms with Gasteiger partial charge in [0.25, 0.3) is 0 Å². The Bertz CT molecular complexity index is 51.8. The van der Waals surface area contributed by atoms with Crippen LogP contribution >= 0.6 is 0 Å². The lowest BCUT2D eigenvalue weighted by molar-refractivity contribution is 0.109. The SMILES string of the molecule is CCCNOB(O)O. The van der Waals surface area contributed by atoms with Gasteiger partial charge in [0.05, 0.1) is 0 Å². The monoisotopic (exact) mass is 119 g/mol. The van der Waals surface area contributed by atoms with E-state index in [0.717, 1.165) is 6.42 Å². The summed E-state index contributed by atoms with van der Waals surface area (Å²) in [6.45, 7) is 2.57. The van der Waals surface area contributed by atoms with Gasteiger partial charge in [-0.2, -0.15) is 0 Å². The molecule has 0 aromatic carbocycles. The van der Waals surface area contributed by atoms with Gasteiger partial charge in [-0.1, -0.05) is 6.92 Å². The Labute approximate surface area is 48.6 Å². The van der Waals surface area contributed by atoms with Crippen LogP contribution < -0.4 is 5.48 Å². The number of hydroxylamine groups is 1. The molecular weight excluding hydrogens is 109 g/mol. The van der Waals surface area contributed by atoms with Crippen molar-refractivity contribution in [3.05, 3.63) is 0 Å². The van der Waals surface area contributed by atoms with E-state index in [9.17, 15) is 0 Å². The molecule has 0 unspecified atom stereocenters. The minimum absolute atomic E-state index is 0.623. The zero-order valence-corrected chi connectivity index (χ0v) is 4.79. The van der Waals surface area contributed by atoms with E-state index >= 15 is 0 Å². The van der Waals surface area contributed by atoms with Crippen LogP contribution in [0, 0.1) is 0 Å². The lowest BCUT2D eigenvalue weighted by atomic mass is 10.3. The Morgan fingerprint density at radius 3 is 2.62 bits per heavy atom. The Morgan fingerprint density at radius 2 is 2.25 bits per heavy atom. The fourth-order valence-corrected chi connectivity index (χ4v) is 0.236. The van der Waals surface area contributed by atoms with Gasteiger partial charge >= 0.3 is 7.32 Å². The molecular formula is C3H10BNO3. The molecule has 0 aliphatic rings. The van der Waals surface area contributed by atoms with Gasteiger partial charge in [-0.05, 0) is 6.42 Å². The molecule has 0 spiro atoms. The first-order valence-corrected chi connectivity index (χ1v) is 2.52. The van der Waals surface area contributed by atoms with Crippen LogP contribution in [0.25, 0.3) is 0 Å². The van der Waals surface area contributed by atoms with Crippen molar-refractivity contribution in [3.8, 4) is 0 Å². The Morgan fingerprint density at radius 1 is 1.62 bits per heavy atom. The molecule has 0 aromatic rings. The van der Waals surface area contributed by atoms with Crippen LogP contribution in [0.1, 0.15) is 13.3 Å². The largest absolute Gasteiger partial charge is 0.651 e. The van der Waals surface area contributed by atoms with Gasteiger partial charge in [-0.15, -0.1) is 0 Å². The van der Waals surface area contributed by atoms with Crippen molar-refractivity contribution >= 4 is 7.32 Å². The molecule has 0 bridgehead atoms. The summed E-state index contributed by atoms with van der Waals surface area (Å²) in [6.07, 6.45) is 0.896. The third-order valence-electron chi connectivity index (χ3n) is 0.541. The van der Waals surface area contributed by atoms with Crippen LogP contribution in [-0.4, -0.2) is 23.9 Å². The Balaban J connectivity index is 2.72. The van der Waals surface area contributed by atoms with Crippen molar-refractivity contribution in [1.82, 2.24) is 5.48 Å². The van der Waals surface area contributed by atoms with Crippen molar-refractivity contribution in [1.29, 1.82) is 0 Å². The highest BCUT2D eigenvalue weighted by atomic mass is 16.7. The van der Waals surface area contributed by atoms with E-state index in [-0.39, 0.29) is 0 Å². The first-order chi connectivity index (χ1) is 3.77. The quantitative estimate of drug-likeness (QED) is 0.249. The van der Waals surface area contributed by atoms with E-state index < -0.39 is 7.32 Å². The molecule has 0 amide bonds. The predicted molar refractivity (Wildman–Crippen MR) is 29.6 cm³/mol. The molecule has 5 heteroatoms. The normalized spacial score (nSPS) is 9.38. The minimum Gasteiger partial charge on any atom is -0.401 e. The summed E-state index contributed by atoms with van der Waals surface area (Å²) < 4.78 is 4.14. The highest BCUT2D eigenvalue weighted by Gasteiger charge is 2.05. The zero-order chi connectivity index (χ0) is 6.41. The molecule has 0 atom stereocenters. The smallest absolute Gasteiger partial charge is 0.401 e. The minimum atomic E-state index is -1.71. The second-order valence-corrected chi connectivity index (χ2v) is 1.34. The molecule has 0 aliphatic heterocycles. The molecule has 3 N–H and O–H groups in total. The van der Waals surface area contributed by atoms with Crippen LogP contribution in [0.15, 0.2) is 0 Å². The van der Waals surface area contributed by atoms with Crippen LogP contribution in [-0.2, 0) is 4.76 Å². The van der Waals surface area contributed by atoms with Gasteiger partial charge in [0.2, 0.25) is 0 Å². The van der Waals surface area contributed by atoms with Gasteiger partial charge in [0.1, 0.15) is 0 Å². The van der Waals surface area contributed by atoms with Crippen molar-refractivity contribution in [2.24, 2.45) is 0 Å². The average molecular weight is 119 g/mol. The summed E-state index contributed by atoms with van der Waals surface area (Å²) in [5.41, 5.74) is 2.33. The van der Waals surface area contributed by atoms with Crippen LogP contribution in [0.5, 0.6) is 0 Å². The number of nitrogens with one attached hydrogen (secondary N) is 1. The third-order valence-corrected chi connectivity index (χ3v) is 0.541. The summed E-state index contributed by atoms with van der Waals surface area (Å²) in [6, 6.07) is 0. The van der Waals surface area contributed by atoms with Crippen LogP contribution in [0.2, 0.25) is 0 Å². The fraction of sp³-hybridized carbons (Fsp3) is 1.00. The molecule has 0 saturated carbocycles. The summed E-state index contributed by atoms with van der Waals surface area (Å²) in [7, 11) is -1.71. The summed E-state index contributed by atoms with van der Waals surface area (Å²) in [5.74, 6) is 0. The maximum Gasteiger partial charge on any atom is 0.651 e. The molecule has 0 aromatic heterocycles. The van der Waals surface area contributed by atoms with Gasteiger partial charge in [-0.3, -0.25) is 0 Å². The van der Waals surface area contributed by atoms with Crippen LogP contribution in [0.4, 0.5) is 0 Å². The van der Waals surface area contributed by atoms with Crippen molar-refractivity contribution in [2.45, 2.75) is 13.3 Å². The maximum absolute atomic E-state index is 8.05. The molecule has 48 valence electrons. The predicted octanol–water partition coefficient (Wildman–Crippen LogP) is -1.11. The standard InChI is InChI=1S/C3H10BNO3/c1-2-3-5-8-4(6)7/h5-7H,2-3H2,1H3. The Hall–Kier alpha value is -0.0951. The summed E-state index contributed by atoms with van der Waals surface area (Å²) >= 11 is 0. The first kappa shape index (κ1) is 7.90. The second kappa shape index (κ2) is 5.05. The molecule has 0 heterocycles. The highest BCUT2D eigenvalue weighted by molar-refractivity contribution is 6.32. The molecule has 0 saturated heterocycles. The lowest BCUT2D eigenvalue weighted by Crippen LogP contribution is -2.27. The second-order valence-electron chi connectivity index (χ2n) is 1.34. The molecule has 0 rings (SSSR count). The summed E-state index contributed by atoms with van der Waals surface area (Å²) in [5, 5.41) is 16.1. The summed E-state index contributed by atoms with van der Waals surface area (Å²) in [4.78, 5) is 0.